The number of carboxylic acid groups (broad SMARTS) is 1. The van der Waals surface area contributed by atoms with E-state index >= 15 is 0 Å². The zero-order valence-corrected chi connectivity index (χ0v) is 14.5. The van der Waals surface area contributed by atoms with Crippen LogP contribution < -0.4 is 10.1 Å². The molecule has 0 aliphatic heterocycles. The van der Waals surface area contributed by atoms with Gasteiger partial charge in [-0.1, -0.05) is 66.7 Å². The fourth-order valence-corrected chi connectivity index (χ4v) is 2.77. The third kappa shape index (κ3) is 4.95. The molecule has 0 radical (unpaired) electrons. The van der Waals surface area contributed by atoms with E-state index < -0.39 is 12.1 Å². The molecule has 27 heavy (non-hydrogen) atoms. The highest BCUT2D eigenvalue weighted by Gasteiger charge is 2.16. The Morgan fingerprint density at radius 1 is 0.963 bits per heavy atom. The lowest BCUT2D eigenvalue weighted by Crippen LogP contribution is -2.27. The second-order valence-electron chi connectivity index (χ2n) is 6.01. The monoisotopic (exact) mass is 361 g/mol. The molecular formula is C22H19NO4. The van der Waals surface area contributed by atoms with Gasteiger partial charge in [-0.2, -0.15) is 0 Å². The van der Waals surface area contributed by atoms with Crippen molar-refractivity contribution in [3.63, 3.8) is 0 Å². The van der Waals surface area contributed by atoms with Gasteiger partial charge in [0.1, 0.15) is 18.6 Å². The Morgan fingerprint density at radius 3 is 2.33 bits per heavy atom. The third-order valence-corrected chi connectivity index (χ3v) is 4.11. The number of nitrogens with one attached hydrogen (secondary N) is 1. The van der Waals surface area contributed by atoms with Crippen LogP contribution in [0.15, 0.2) is 78.9 Å². The van der Waals surface area contributed by atoms with Crippen LogP contribution in [0.5, 0.6) is 5.75 Å². The van der Waals surface area contributed by atoms with Crippen molar-refractivity contribution in [1.29, 1.82) is 0 Å². The first-order valence-corrected chi connectivity index (χ1v) is 8.47. The van der Waals surface area contributed by atoms with Gasteiger partial charge in [0.15, 0.2) is 0 Å². The minimum Gasteiger partial charge on any atom is -0.489 e. The molecule has 0 saturated carbocycles. The number of benzene rings is 3. The minimum atomic E-state index is -1.09. The van der Waals surface area contributed by atoms with Crippen LogP contribution in [0.4, 0.5) is 4.79 Å². The van der Waals surface area contributed by atoms with E-state index in [1.807, 2.05) is 66.7 Å². The van der Waals surface area contributed by atoms with Crippen molar-refractivity contribution in [1.82, 2.24) is 5.32 Å². The molecule has 1 atom stereocenters. The van der Waals surface area contributed by atoms with E-state index in [-0.39, 0.29) is 0 Å². The molecular weight excluding hydrogens is 342 g/mol. The average Bonchev–Trinajstić information content (AvgIpc) is 2.71. The second kappa shape index (κ2) is 8.67. The van der Waals surface area contributed by atoms with Crippen LogP contribution in [-0.4, -0.2) is 17.5 Å². The third-order valence-electron chi connectivity index (χ3n) is 4.11. The average molecular weight is 361 g/mol. The van der Waals surface area contributed by atoms with Crippen LogP contribution in [0.1, 0.15) is 33.1 Å². The molecule has 0 aliphatic rings. The number of amides is 1. The number of carbonyl (C=O) groups is 2. The Balaban J connectivity index is 1.77. The van der Waals surface area contributed by atoms with E-state index in [2.05, 4.69) is 5.32 Å². The summed E-state index contributed by atoms with van der Waals surface area (Å²) in [4.78, 5) is 21.9. The molecule has 0 saturated heterocycles. The van der Waals surface area contributed by atoms with Crippen LogP contribution in [-0.2, 0) is 6.61 Å². The minimum absolute atomic E-state index is 0.352. The summed E-state index contributed by atoms with van der Waals surface area (Å²) in [7, 11) is 0. The Labute approximate surface area is 157 Å². The lowest BCUT2D eigenvalue weighted by atomic mass is 9.98. The van der Waals surface area contributed by atoms with Gasteiger partial charge in [0.05, 0.1) is 6.04 Å². The maximum absolute atomic E-state index is 11.2. The van der Waals surface area contributed by atoms with Crippen LogP contribution in [0, 0.1) is 0 Å². The second-order valence-corrected chi connectivity index (χ2v) is 6.01. The van der Waals surface area contributed by atoms with E-state index in [0.717, 1.165) is 23.0 Å². The number of hydrogen-bond donors (Lipinski definition) is 2. The van der Waals surface area contributed by atoms with Gasteiger partial charge in [0, 0.05) is 5.56 Å². The summed E-state index contributed by atoms with van der Waals surface area (Å²) in [6.45, 7) is 0.352. The van der Waals surface area contributed by atoms with Crippen molar-refractivity contribution < 1.29 is 19.4 Å². The molecule has 0 spiro atoms. The Morgan fingerprint density at radius 2 is 1.67 bits per heavy atom. The van der Waals surface area contributed by atoms with Crippen molar-refractivity contribution in [2.24, 2.45) is 0 Å². The topological polar surface area (TPSA) is 75.6 Å². The summed E-state index contributed by atoms with van der Waals surface area (Å²) in [5.41, 5.74) is 3.19. The van der Waals surface area contributed by atoms with Crippen molar-refractivity contribution in [3.8, 4) is 5.75 Å². The van der Waals surface area contributed by atoms with E-state index in [9.17, 15) is 14.7 Å². The molecule has 0 heterocycles. The molecule has 3 rings (SSSR count). The SMILES string of the molecule is O=Cc1ccc(COc2cccc(C(NC(=O)O)c3ccccc3)c2)cc1. The first kappa shape index (κ1) is 18.2. The lowest BCUT2D eigenvalue weighted by Gasteiger charge is -2.19. The fourth-order valence-electron chi connectivity index (χ4n) is 2.77. The highest BCUT2D eigenvalue weighted by Crippen LogP contribution is 2.25. The predicted molar refractivity (Wildman–Crippen MR) is 102 cm³/mol. The van der Waals surface area contributed by atoms with Gasteiger partial charge >= 0.3 is 6.09 Å². The largest absolute Gasteiger partial charge is 0.489 e. The van der Waals surface area contributed by atoms with Gasteiger partial charge in [-0.3, -0.25) is 4.79 Å². The molecule has 136 valence electrons. The summed E-state index contributed by atoms with van der Waals surface area (Å²) >= 11 is 0. The van der Waals surface area contributed by atoms with E-state index in [1.54, 1.807) is 12.1 Å². The van der Waals surface area contributed by atoms with Gasteiger partial charge in [-0.25, -0.2) is 4.79 Å². The molecule has 0 aliphatic carbocycles. The normalized spacial score (nSPS) is 11.4. The number of rotatable bonds is 7. The zero-order chi connectivity index (χ0) is 19.1. The van der Waals surface area contributed by atoms with Crippen LogP contribution >= 0.6 is 0 Å². The maximum atomic E-state index is 11.2. The maximum Gasteiger partial charge on any atom is 0.405 e. The molecule has 0 bridgehead atoms. The molecule has 1 unspecified atom stereocenters. The first-order chi connectivity index (χ1) is 13.2. The lowest BCUT2D eigenvalue weighted by molar-refractivity contribution is 0.112. The molecule has 2 N–H and O–H groups in total. The first-order valence-electron chi connectivity index (χ1n) is 8.47. The molecule has 5 heteroatoms. The van der Waals surface area contributed by atoms with Gasteiger partial charge in [0.2, 0.25) is 0 Å². The molecule has 1 amide bonds. The van der Waals surface area contributed by atoms with Gasteiger partial charge in [-0.05, 0) is 28.8 Å². The number of hydrogen-bond acceptors (Lipinski definition) is 3. The van der Waals surface area contributed by atoms with Crippen molar-refractivity contribution in [3.05, 3.63) is 101 Å². The quantitative estimate of drug-likeness (QED) is 0.610. The number of ether oxygens (including phenoxy) is 1. The molecule has 3 aromatic rings. The molecule has 0 aromatic heterocycles. The van der Waals surface area contributed by atoms with Gasteiger partial charge in [0.25, 0.3) is 0 Å². The molecule has 3 aromatic carbocycles. The van der Waals surface area contributed by atoms with E-state index in [1.165, 1.54) is 0 Å². The molecule has 5 nitrogen and oxygen atoms in total. The van der Waals surface area contributed by atoms with Gasteiger partial charge < -0.3 is 15.2 Å². The summed E-state index contributed by atoms with van der Waals surface area (Å²) < 4.78 is 5.83. The predicted octanol–water partition coefficient (Wildman–Crippen LogP) is 4.44. The Kier molecular flexibility index (Phi) is 5.84. The highest BCUT2D eigenvalue weighted by molar-refractivity contribution is 5.74. The zero-order valence-electron chi connectivity index (χ0n) is 14.5. The fraction of sp³-hybridized carbons (Fsp3) is 0.0909. The summed E-state index contributed by atoms with van der Waals surface area (Å²) in [5, 5.41) is 11.8. The molecule has 0 fully saturated rings. The van der Waals surface area contributed by atoms with Crippen molar-refractivity contribution >= 4 is 12.4 Å². The van der Waals surface area contributed by atoms with Crippen molar-refractivity contribution in [2.45, 2.75) is 12.6 Å². The van der Waals surface area contributed by atoms with Crippen LogP contribution in [0.25, 0.3) is 0 Å². The van der Waals surface area contributed by atoms with Crippen molar-refractivity contribution in [2.75, 3.05) is 0 Å². The standard InChI is InChI=1S/C22H19NO4/c24-14-16-9-11-17(12-10-16)15-27-20-8-4-7-19(13-20)21(23-22(25)26)18-5-2-1-3-6-18/h1-14,21,23H,15H2,(H,25,26). The summed E-state index contributed by atoms with van der Waals surface area (Å²) in [5.74, 6) is 0.639. The summed E-state index contributed by atoms with van der Waals surface area (Å²) in [6.07, 6.45) is -0.293. The van der Waals surface area contributed by atoms with E-state index in [4.69, 9.17) is 4.74 Å². The smallest absolute Gasteiger partial charge is 0.405 e. The van der Waals surface area contributed by atoms with Crippen LogP contribution in [0.3, 0.4) is 0 Å². The van der Waals surface area contributed by atoms with E-state index in [0.29, 0.717) is 17.9 Å². The Bertz CT molecular complexity index is 907. The number of aldehydes is 1. The van der Waals surface area contributed by atoms with Crippen LogP contribution in [0.2, 0.25) is 0 Å². The summed E-state index contributed by atoms with van der Waals surface area (Å²) in [6, 6.07) is 23.4. The van der Waals surface area contributed by atoms with Gasteiger partial charge in [-0.15, -0.1) is 0 Å². The highest BCUT2D eigenvalue weighted by atomic mass is 16.5. The number of carbonyl (C=O) groups excluding carboxylic acids is 1. The Hall–Kier alpha value is -3.60.